The maximum absolute atomic E-state index is 5.85. The van der Waals surface area contributed by atoms with Gasteiger partial charge in [0.1, 0.15) is 0 Å². The van der Waals surface area contributed by atoms with E-state index in [2.05, 4.69) is 9.97 Å². The molecule has 1 unspecified atom stereocenters. The van der Waals surface area contributed by atoms with Crippen LogP contribution in [0.1, 0.15) is 0 Å². The molecule has 82 valence electrons. The highest BCUT2D eigenvalue weighted by molar-refractivity contribution is 6.30. The largest absolute Gasteiger partial charge is 0.377 e. The van der Waals surface area contributed by atoms with Crippen LogP contribution >= 0.6 is 23.2 Å². The molecule has 1 aliphatic heterocycles. The third-order valence-electron chi connectivity index (χ3n) is 2.27. The lowest BCUT2D eigenvalue weighted by molar-refractivity contribution is 0.0989. The maximum atomic E-state index is 5.85. The Morgan fingerprint density at radius 2 is 2.20 bits per heavy atom. The molecule has 4 nitrogen and oxygen atoms in total. The molecule has 6 heteroatoms. The van der Waals surface area contributed by atoms with E-state index < -0.39 is 0 Å². The van der Waals surface area contributed by atoms with E-state index >= 15 is 0 Å². The quantitative estimate of drug-likeness (QED) is 0.744. The van der Waals surface area contributed by atoms with E-state index in [9.17, 15) is 0 Å². The molecule has 15 heavy (non-hydrogen) atoms. The van der Waals surface area contributed by atoms with E-state index in [-0.39, 0.29) is 6.04 Å². The van der Waals surface area contributed by atoms with Crippen LogP contribution in [0.25, 0.3) is 0 Å². The van der Waals surface area contributed by atoms with E-state index in [4.69, 9.17) is 27.9 Å². The van der Waals surface area contributed by atoms with Crippen molar-refractivity contribution >= 4 is 29.2 Å². The predicted molar refractivity (Wildman–Crippen MR) is 59.7 cm³/mol. The van der Waals surface area contributed by atoms with E-state index in [1.54, 1.807) is 12.4 Å². The third-order valence-corrected chi connectivity index (χ3v) is 2.82. The second-order valence-electron chi connectivity index (χ2n) is 3.28. The summed E-state index contributed by atoms with van der Waals surface area (Å²) in [6.07, 6.45) is 3.18. The Morgan fingerprint density at radius 1 is 1.47 bits per heavy atom. The highest BCUT2D eigenvalue weighted by Gasteiger charge is 2.24. The zero-order valence-electron chi connectivity index (χ0n) is 8.07. The average Bonchev–Trinajstić information content (AvgIpc) is 2.30. The molecular weight excluding hydrogens is 237 g/mol. The van der Waals surface area contributed by atoms with Gasteiger partial charge in [-0.3, -0.25) is 0 Å². The van der Waals surface area contributed by atoms with Gasteiger partial charge in [0.05, 0.1) is 36.7 Å². The van der Waals surface area contributed by atoms with Crippen molar-refractivity contribution in [2.45, 2.75) is 6.04 Å². The van der Waals surface area contributed by atoms with E-state index in [0.717, 1.165) is 6.54 Å². The lowest BCUT2D eigenvalue weighted by atomic mass is 10.3. The molecule has 0 N–H and O–H groups in total. The number of hydrogen-bond donors (Lipinski definition) is 0. The Morgan fingerprint density at radius 3 is 2.87 bits per heavy atom. The zero-order valence-corrected chi connectivity index (χ0v) is 9.58. The van der Waals surface area contributed by atoms with Gasteiger partial charge in [-0.1, -0.05) is 11.6 Å². The van der Waals surface area contributed by atoms with Crippen LogP contribution in [-0.2, 0) is 4.74 Å². The van der Waals surface area contributed by atoms with Gasteiger partial charge < -0.3 is 9.64 Å². The van der Waals surface area contributed by atoms with Gasteiger partial charge in [-0.25, -0.2) is 9.97 Å². The van der Waals surface area contributed by atoms with Crippen LogP contribution in [0.15, 0.2) is 12.4 Å². The second kappa shape index (κ2) is 4.96. The smallest absolute Gasteiger partial charge is 0.225 e. The van der Waals surface area contributed by atoms with E-state index in [1.807, 2.05) is 4.90 Å². The molecule has 1 aliphatic rings. The normalized spacial score (nSPS) is 21.7. The standard InChI is InChI=1S/C9H11Cl2N3O/c10-3-8-6-15-2-1-14(8)9-12-4-7(11)5-13-9/h4-5,8H,1-3,6H2. The van der Waals surface area contributed by atoms with Gasteiger partial charge in [0.25, 0.3) is 0 Å². The number of halogens is 2. The Balaban J connectivity index is 2.16. The number of ether oxygens (including phenoxy) is 1. The number of aromatic nitrogens is 2. The molecule has 0 saturated carbocycles. The number of hydrogen-bond acceptors (Lipinski definition) is 4. The van der Waals surface area contributed by atoms with Gasteiger partial charge in [0.15, 0.2) is 0 Å². The Kier molecular flexibility index (Phi) is 3.61. The van der Waals surface area contributed by atoms with Crippen LogP contribution < -0.4 is 4.90 Å². The fraction of sp³-hybridized carbons (Fsp3) is 0.556. The summed E-state index contributed by atoms with van der Waals surface area (Å²) in [5.74, 6) is 1.17. The van der Waals surface area contributed by atoms with Crippen LogP contribution in [0.2, 0.25) is 5.02 Å². The fourth-order valence-corrected chi connectivity index (χ4v) is 1.85. The van der Waals surface area contributed by atoms with Gasteiger partial charge in [0.2, 0.25) is 5.95 Å². The van der Waals surface area contributed by atoms with Gasteiger partial charge in [0, 0.05) is 12.4 Å². The number of morpholine rings is 1. The first-order valence-corrected chi connectivity index (χ1v) is 5.60. The van der Waals surface area contributed by atoms with Crippen molar-refractivity contribution in [3.8, 4) is 0 Å². The molecule has 1 aromatic heterocycles. The van der Waals surface area contributed by atoms with Crippen molar-refractivity contribution in [2.75, 3.05) is 30.5 Å². The van der Waals surface area contributed by atoms with Crippen LogP contribution in [0.4, 0.5) is 5.95 Å². The van der Waals surface area contributed by atoms with Crippen molar-refractivity contribution < 1.29 is 4.74 Å². The summed E-state index contributed by atoms with van der Waals surface area (Å²) < 4.78 is 5.34. The van der Waals surface area contributed by atoms with Crippen molar-refractivity contribution in [3.63, 3.8) is 0 Å². The summed E-state index contributed by atoms with van der Waals surface area (Å²) in [4.78, 5) is 10.4. The molecule has 1 saturated heterocycles. The van der Waals surface area contributed by atoms with Crippen molar-refractivity contribution in [2.24, 2.45) is 0 Å². The molecule has 1 fully saturated rings. The number of rotatable bonds is 2. The molecule has 0 amide bonds. The summed E-state index contributed by atoms with van der Waals surface area (Å²) >= 11 is 11.6. The highest BCUT2D eigenvalue weighted by atomic mass is 35.5. The van der Waals surface area contributed by atoms with Gasteiger partial charge >= 0.3 is 0 Å². The SMILES string of the molecule is ClCC1COCCN1c1ncc(Cl)cn1. The topological polar surface area (TPSA) is 38.2 Å². The molecule has 1 aromatic rings. The summed E-state index contributed by atoms with van der Waals surface area (Å²) in [7, 11) is 0. The van der Waals surface area contributed by atoms with Crippen LogP contribution in [0, 0.1) is 0 Å². The predicted octanol–water partition coefficient (Wildman–Crippen LogP) is 1.57. The number of nitrogens with zero attached hydrogens (tertiary/aromatic N) is 3. The Hall–Kier alpha value is -0.580. The summed E-state index contributed by atoms with van der Waals surface area (Å²) in [5, 5.41) is 0.537. The summed E-state index contributed by atoms with van der Waals surface area (Å²) in [5.41, 5.74) is 0. The zero-order chi connectivity index (χ0) is 10.7. The fourth-order valence-electron chi connectivity index (χ4n) is 1.50. The number of alkyl halides is 1. The van der Waals surface area contributed by atoms with Crippen molar-refractivity contribution in [1.29, 1.82) is 0 Å². The van der Waals surface area contributed by atoms with Crippen LogP contribution in [0.5, 0.6) is 0 Å². The average molecular weight is 248 g/mol. The first-order valence-electron chi connectivity index (χ1n) is 4.69. The minimum absolute atomic E-state index is 0.140. The second-order valence-corrected chi connectivity index (χ2v) is 4.02. The van der Waals surface area contributed by atoms with Gasteiger partial charge in [-0.2, -0.15) is 0 Å². The minimum Gasteiger partial charge on any atom is -0.377 e. The lowest BCUT2D eigenvalue weighted by Crippen LogP contribution is -2.47. The minimum atomic E-state index is 0.140. The molecule has 0 aromatic carbocycles. The van der Waals surface area contributed by atoms with E-state index in [1.165, 1.54) is 0 Å². The first kappa shape index (κ1) is 10.9. The molecule has 1 atom stereocenters. The molecule has 0 bridgehead atoms. The molecule has 2 heterocycles. The third kappa shape index (κ3) is 2.51. The summed E-state index contributed by atoms with van der Waals surface area (Å²) in [6, 6.07) is 0.140. The number of anilines is 1. The highest BCUT2D eigenvalue weighted by Crippen LogP contribution is 2.16. The Labute approximate surface area is 98.2 Å². The maximum Gasteiger partial charge on any atom is 0.225 e. The van der Waals surface area contributed by atoms with Crippen molar-refractivity contribution in [1.82, 2.24) is 9.97 Å². The first-order chi connectivity index (χ1) is 7.31. The molecule has 0 spiro atoms. The van der Waals surface area contributed by atoms with Crippen LogP contribution in [-0.4, -0.2) is 41.6 Å². The van der Waals surface area contributed by atoms with Gasteiger partial charge in [-0.05, 0) is 0 Å². The molecular formula is C9H11Cl2N3O. The van der Waals surface area contributed by atoms with E-state index in [0.29, 0.717) is 30.1 Å². The lowest BCUT2D eigenvalue weighted by Gasteiger charge is -2.34. The van der Waals surface area contributed by atoms with Crippen LogP contribution in [0.3, 0.4) is 0 Å². The van der Waals surface area contributed by atoms with Gasteiger partial charge in [-0.15, -0.1) is 11.6 Å². The monoisotopic (exact) mass is 247 g/mol. The molecule has 0 aliphatic carbocycles. The molecule has 2 rings (SSSR count). The Bertz CT molecular complexity index is 320. The van der Waals surface area contributed by atoms with Crippen molar-refractivity contribution in [3.05, 3.63) is 17.4 Å². The molecule has 0 radical (unpaired) electrons. The summed E-state index contributed by atoms with van der Waals surface area (Å²) in [6.45, 7) is 2.06.